The van der Waals surface area contributed by atoms with Crippen LogP contribution >= 0.6 is 15.9 Å². The first kappa shape index (κ1) is 9.13. The van der Waals surface area contributed by atoms with Crippen molar-refractivity contribution in [2.45, 2.75) is 0 Å². The molecule has 0 aromatic heterocycles. The van der Waals surface area contributed by atoms with Crippen LogP contribution in [0.4, 0.5) is 4.39 Å². The fraction of sp³-hybridized carbons (Fsp3) is 0. The number of halogens is 2. The van der Waals surface area contributed by atoms with Crippen molar-refractivity contribution in [1.82, 2.24) is 0 Å². The highest BCUT2D eigenvalue weighted by Gasteiger charge is 2.06. The molecule has 0 aliphatic rings. The van der Waals surface area contributed by atoms with Crippen LogP contribution in [0.1, 0.15) is 15.9 Å². The van der Waals surface area contributed by atoms with Crippen molar-refractivity contribution in [2.75, 3.05) is 0 Å². The first-order valence-corrected chi connectivity index (χ1v) is 4.05. The monoisotopic (exact) mass is 228 g/mol. The molecular formula is C9H6BrFO. The Hall–Kier alpha value is -0.960. The van der Waals surface area contributed by atoms with Gasteiger partial charge in [0.2, 0.25) is 0 Å². The van der Waals surface area contributed by atoms with Crippen LogP contribution in [0.15, 0.2) is 23.2 Å². The first-order valence-electron chi connectivity index (χ1n) is 3.25. The van der Waals surface area contributed by atoms with Gasteiger partial charge in [0.25, 0.3) is 0 Å². The second-order valence-electron chi connectivity index (χ2n) is 2.21. The van der Waals surface area contributed by atoms with E-state index in [4.69, 9.17) is 0 Å². The molecule has 0 atom stereocenters. The summed E-state index contributed by atoms with van der Waals surface area (Å²) in [5, 5.41) is 0. The van der Waals surface area contributed by atoms with Crippen molar-refractivity contribution < 1.29 is 9.18 Å². The molecule has 0 spiro atoms. The number of benzene rings is 1. The maximum atomic E-state index is 13.0. The predicted molar refractivity (Wildman–Crippen MR) is 49.6 cm³/mol. The quantitative estimate of drug-likeness (QED) is 0.712. The number of aldehydes is 1. The second kappa shape index (κ2) is 3.63. The molecule has 62 valence electrons. The zero-order valence-electron chi connectivity index (χ0n) is 6.18. The van der Waals surface area contributed by atoms with Gasteiger partial charge in [-0.1, -0.05) is 28.6 Å². The lowest BCUT2D eigenvalue weighted by Gasteiger charge is -2.00. The fourth-order valence-electron chi connectivity index (χ4n) is 0.898. The van der Waals surface area contributed by atoms with Crippen LogP contribution in [0.3, 0.4) is 0 Å². The Morgan fingerprint density at radius 2 is 2.17 bits per heavy atom. The zero-order chi connectivity index (χ0) is 9.14. The number of rotatable bonds is 2. The molecule has 0 heterocycles. The summed E-state index contributed by atoms with van der Waals surface area (Å²) in [5.74, 6) is -0.533. The SMILES string of the molecule is C=Cc1cc(Br)cc(F)c1C=O. The Kier molecular flexibility index (Phi) is 2.76. The number of carbonyl (C=O) groups excluding carboxylic acids is 1. The van der Waals surface area contributed by atoms with Crippen LogP contribution in [0.2, 0.25) is 0 Å². The maximum absolute atomic E-state index is 13.0. The number of hydrogen-bond donors (Lipinski definition) is 0. The van der Waals surface area contributed by atoms with Gasteiger partial charge in [-0.15, -0.1) is 0 Å². The molecule has 0 radical (unpaired) electrons. The summed E-state index contributed by atoms with van der Waals surface area (Å²) in [4.78, 5) is 10.4. The van der Waals surface area contributed by atoms with Crippen molar-refractivity contribution in [2.24, 2.45) is 0 Å². The van der Waals surface area contributed by atoms with Crippen molar-refractivity contribution in [3.05, 3.63) is 40.1 Å². The summed E-state index contributed by atoms with van der Waals surface area (Å²) in [6.45, 7) is 3.48. The standard InChI is InChI=1S/C9H6BrFO/c1-2-6-3-7(10)4-9(11)8(6)5-12/h2-5H,1H2. The molecule has 12 heavy (non-hydrogen) atoms. The van der Waals surface area contributed by atoms with E-state index in [0.29, 0.717) is 16.3 Å². The van der Waals surface area contributed by atoms with Crippen LogP contribution in [0, 0.1) is 5.82 Å². The topological polar surface area (TPSA) is 17.1 Å². The summed E-state index contributed by atoms with van der Waals surface area (Å²) in [5.41, 5.74) is 0.546. The van der Waals surface area contributed by atoms with Crippen LogP contribution in [-0.4, -0.2) is 6.29 Å². The smallest absolute Gasteiger partial charge is 0.153 e. The Morgan fingerprint density at radius 1 is 1.50 bits per heavy atom. The van der Waals surface area contributed by atoms with Gasteiger partial charge in [-0.05, 0) is 17.7 Å². The van der Waals surface area contributed by atoms with Gasteiger partial charge in [0.1, 0.15) is 5.82 Å². The normalized spacial score (nSPS) is 9.50. The average molecular weight is 229 g/mol. The van der Waals surface area contributed by atoms with E-state index < -0.39 is 5.82 Å². The van der Waals surface area contributed by atoms with E-state index in [2.05, 4.69) is 22.5 Å². The van der Waals surface area contributed by atoms with Crippen LogP contribution in [-0.2, 0) is 0 Å². The lowest BCUT2D eigenvalue weighted by molar-refractivity contribution is 0.111. The van der Waals surface area contributed by atoms with Crippen LogP contribution < -0.4 is 0 Å². The third-order valence-corrected chi connectivity index (χ3v) is 1.92. The van der Waals surface area contributed by atoms with Gasteiger partial charge in [-0.2, -0.15) is 0 Å². The predicted octanol–water partition coefficient (Wildman–Crippen LogP) is 3.04. The molecule has 0 N–H and O–H groups in total. The molecule has 0 aliphatic carbocycles. The van der Waals surface area contributed by atoms with Crippen LogP contribution in [0.5, 0.6) is 0 Å². The summed E-state index contributed by atoms with van der Waals surface area (Å²) < 4.78 is 13.6. The summed E-state index contributed by atoms with van der Waals surface area (Å²) in [6, 6.07) is 2.89. The molecule has 1 nitrogen and oxygen atoms in total. The lowest BCUT2D eigenvalue weighted by Crippen LogP contribution is -1.91. The van der Waals surface area contributed by atoms with Gasteiger partial charge in [-0.25, -0.2) is 4.39 Å². The van der Waals surface area contributed by atoms with Gasteiger partial charge >= 0.3 is 0 Å². The highest BCUT2D eigenvalue weighted by molar-refractivity contribution is 9.10. The molecule has 0 fully saturated rings. The summed E-state index contributed by atoms with van der Waals surface area (Å²) in [7, 11) is 0. The molecule has 3 heteroatoms. The van der Waals surface area contributed by atoms with Crippen LogP contribution in [0.25, 0.3) is 6.08 Å². The minimum Gasteiger partial charge on any atom is -0.298 e. The fourth-order valence-corrected chi connectivity index (χ4v) is 1.35. The molecule has 0 amide bonds. The van der Waals surface area contributed by atoms with E-state index in [-0.39, 0.29) is 5.56 Å². The van der Waals surface area contributed by atoms with Gasteiger partial charge in [-0.3, -0.25) is 4.79 Å². The molecule has 0 saturated heterocycles. The first-order chi connectivity index (χ1) is 5.69. The molecule has 0 saturated carbocycles. The van der Waals surface area contributed by atoms with Crippen molar-refractivity contribution in [1.29, 1.82) is 0 Å². The molecule has 1 aromatic rings. The highest BCUT2D eigenvalue weighted by Crippen LogP contribution is 2.19. The van der Waals surface area contributed by atoms with Crippen molar-refractivity contribution in [3.8, 4) is 0 Å². The third-order valence-electron chi connectivity index (χ3n) is 1.46. The molecule has 0 unspecified atom stereocenters. The van der Waals surface area contributed by atoms with E-state index >= 15 is 0 Å². The van der Waals surface area contributed by atoms with Gasteiger partial charge in [0, 0.05) is 4.47 Å². The van der Waals surface area contributed by atoms with Crippen molar-refractivity contribution in [3.63, 3.8) is 0 Å². The van der Waals surface area contributed by atoms with E-state index in [1.807, 2.05) is 0 Å². The highest BCUT2D eigenvalue weighted by atomic mass is 79.9. The number of carbonyl (C=O) groups is 1. The summed E-state index contributed by atoms with van der Waals surface area (Å²) in [6.07, 6.45) is 1.93. The van der Waals surface area contributed by atoms with E-state index in [9.17, 15) is 9.18 Å². The van der Waals surface area contributed by atoms with Gasteiger partial charge in [0.05, 0.1) is 5.56 Å². The largest absolute Gasteiger partial charge is 0.298 e. The van der Waals surface area contributed by atoms with Gasteiger partial charge < -0.3 is 0 Å². The Bertz CT molecular complexity index is 334. The second-order valence-corrected chi connectivity index (χ2v) is 3.13. The van der Waals surface area contributed by atoms with E-state index in [1.165, 1.54) is 12.1 Å². The maximum Gasteiger partial charge on any atom is 0.153 e. The molecular weight excluding hydrogens is 223 g/mol. The van der Waals surface area contributed by atoms with Gasteiger partial charge in [0.15, 0.2) is 6.29 Å². The van der Waals surface area contributed by atoms with Crippen molar-refractivity contribution >= 4 is 28.3 Å². The minimum atomic E-state index is -0.533. The van der Waals surface area contributed by atoms with E-state index in [1.54, 1.807) is 6.07 Å². The molecule has 0 bridgehead atoms. The third kappa shape index (κ3) is 1.61. The lowest BCUT2D eigenvalue weighted by atomic mass is 10.1. The molecule has 1 rings (SSSR count). The Morgan fingerprint density at radius 3 is 2.67 bits per heavy atom. The molecule has 1 aromatic carbocycles. The zero-order valence-corrected chi connectivity index (χ0v) is 7.77. The average Bonchev–Trinajstić information content (AvgIpc) is 2.03. The molecule has 0 aliphatic heterocycles. The Labute approximate surface area is 78.0 Å². The van der Waals surface area contributed by atoms with E-state index in [0.717, 1.165) is 0 Å². The summed E-state index contributed by atoms with van der Waals surface area (Å²) >= 11 is 3.11. The Balaban J connectivity index is 3.43. The number of hydrogen-bond acceptors (Lipinski definition) is 1. The minimum absolute atomic E-state index is 0.0493.